The van der Waals surface area contributed by atoms with E-state index in [4.69, 9.17) is 9.47 Å². The molecule has 4 heterocycles. The van der Waals surface area contributed by atoms with Gasteiger partial charge in [-0.1, -0.05) is 6.08 Å². The second-order valence-electron chi connectivity index (χ2n) is 7.73. The molecule has 2 aromatic heterocycles. The summed E-state index contributed by atoms with van der Waals surface area (Å²) in [6, 6.07) is -0.528. The van der Waals surface area contributed by atoms with Crippen LogP contribution in [-0.2, 0) is 20.7 Å². The predicted octanol–water partition coefficient (Wildman–Crippen LogP) is 2.29. The standard InChI is InChI=1S/C18H21BrN4O4/c1-18(2,3)27-16(25)12-5-4-11-13(19)15(24)23-17(22(11)12)20-14(21-23)10-6-8-26-9-7-10/h6,12H,4-5,7-9H2,1-3H3. The number of carbonyl (C=O) groups is 1. The second kappa shape index (κ2) is 6.56. The molecule has 0 saturated heterocycles. The van der Waals surface area contributed by atoms with E-state index < -0.39 is 11.6 Å². The van der Waals surface area contributed by atoms with E-state index in [1.165, 1.54) is 4.52 Å². The lowest BCUT2D eigenvalue weighted by molar-refractivity contribution is -0.158. The summed E-state index contributed by atoms with van der Waals surface area (Å²) in [5, 5.41) is 4.41. The Hall–Kier alpha value is -2.00. The van der Waals surface area contributed by atoms with Crippen LogP contribution in [0.4, 0.5) is 0 Å². The van der Waals surface area contributed by atoms with Crippen LogP contribution in [0.1, 0.15) is 51.2 Å². The van der Waals surface area contributed by atoms with Crippen molar-refractivity contribution < 1.29 is 14.3 Å². The largest absolute Gasteiger partial charge is 0.458 e. The highest BCUT2D eigenvalue weighted by molar-refractivity contribution is 9.10. The molecular formula is C18H21BrN4O4. The maximum Gasteiger partial charge on any atom is 0.329 e. The van der Waals surface area contributed by atoms with Gasteiger partial charge >= 0.3 is 5.97 Å². The molecule has 0 saturated carbocycles. The fourth-order valence-electron chi connectivity index (χ4n) is 3.46. The van der Waals surface area contributed by atoms with E-state index >= 15 is 0 Å². The normalized spacial score (nSPS) is 19.9. The van der Waals surface area contributed by atoms with Crippen LogP contribution >= 0.6 is 15.9 Å². The van der Waals surface area contributed by atoms with E-state index in [0.717, 1.165) is 11.3 Å². The minimum Gasteiger partial charge on any atom is -0.458 e. The van der Waals surface area contributed by atoms with Crippen LogP contribution in [-0.4, -0.2) is 43.9 Å². The second-order valence-corrected chi connectivity index (χ2v) is 8.52. The van der Waals surface area contributed by atoms with Crippen LogP contribution in [0.5, 0.6) is 0 Å². The quantitative estimate of drug-likeness (QED) is 0.671. The SMILES string of the molecule is CC(C)(C)OC(=O)C1CCc2c(Br)c(=O)n3nc(C4=CCOCC4)nc3n21. The molecular weight excluding hydrogens is 416 g/mol. The number of aromatic nitrogens is 4. The third-order valence-electron chi connectivity index (χ3n) is 4.63. The number of hydrogen-bond donors (Lipinski definition) is 0. The van der Waals surface area contributed by atoms with E-state index in [2.05, 4.69) is 26.0 Å². The molecule has 0 radical (unpaired) electrons. The molecule has 2 aliphatic rings. The average Bonchev–Trinajstić information content (AvgIpc) is 3.23. The summed E-state index contributed by atoms with van der Waals surface area (Å²) >= 11 is 3.39. The Balaban J connectivity index is 1.86. The zero-order valence-corrected chi connectivity index (χ0v) is 17.1. The molecule has 9 heteroatoms. The van der Waals surface area contributed by atoms with Crippen LogP contribution in [0.15, 0.2) is 15.3 Å². The van der Waals surface area contributed by atoms with E-state index in [1.54, 1.807) is 4.57 Å². The third-order valence-corrected chi connectivity index (χ3v) is 5.42. The van der Waals surface area contributed by atoms with E-state index in [0.29, 0.717) is 48.6 Å². The zero-order chi connectivity index (χ0) is 19.3. The minimum absolute atomic E-state index is 0.271. The molecule has 0 aliphatic carbocycles. The molecule has 0 bridgehead atoms. The summed E-state index contributed by atoms with van der Waals surface area (Å²) in [6.07, 6.45) is 3.77. The van der Waals surface area contributed by atoms with Crippen molar-refractivity contribution in [1.29, 1.82) is 0 Å². The van der Waals surface area contributed by atoms with Crippen molar-refractivity contribution >= 4 is 33.3 Å². The first-order valence-corrected chi connectivity index (χ1v) is 9.75. The number of ether oxygens (including phenoxy) is 2. The molecule has 4 rings (SSSR count). The lowest BCUT2D eigenvalue weighted by atomic mass is 10.1. The highest BCUT2D eigenvalue weighted by Gasteiger charge is 2.36. The smallest absolute Gasteiger partial charge is 0.329 e. The lowest BCUT2D eigenvalue weighted by Crippen LogP contribution is -2.31. The number of nitrogens with zero attached hydrogens (tertiary/aromatic N) is 4. The number of fused-ring (bicyclic) bond motifs is 3. The number of hydrogen-bond acceptors (Lipinski definition) is 6. The van der Waals surface area contributed by atoms with Crippen molar-refractivity contribution in [2.75, 3.05) is 13.2 Å². The van der Waals surface area contributed by atoms with E-state index in [-0.39, 0.29) is 11.5 Å². The van der Waals surface area contributed by atoms with Gasteiger partial charge in [0.2, 0.25) is 5.78 Å². The summed E-state index contributed by atoms with van der Waals surface area (Å²) < 4.78 is 14.4. The third kappa shape index (κ3) is 3.23. The van der Waals surface area contributed by atoms with Crippen LogP contribution in [0.25, 0.3) is 11.4 Å². The van der Waals surface area contributed by atoms with Gasteiger partial charge in [0.15, 0.2) is 5.82 Å². The fraction of sp³-hybridized carbons (Fsp3) is 0.556. The first-order chi connectivity index (χ1) is 12.8. The fourth-order valence-corrected chi connectivity index (χ4v) is 4.02. The van der Waals surface area contributed by atoms with Gasteiger partial charge in [0, 0.05) is 5.69 Å². The Morgan fingerprint density at radius 2 is 2.15 bits per heavy atom. The molecule has 1 atom stereocenters. The molecule has 2 aliphatic heterocycles. The topological polar surface area (TPSA) is 87.7 Å². The van der Waals surface area contributed by atoms with E-state index in [9.17, 15) is 9.59 Å². The Kier molecular flexibility index (Phi) is 4.46. The van der Waals surface area contributed by atoms with Crippen molar-refractivity contribution in [2.45, 2.75) is 51.7 Å². The van der Waals surface area contributed by atoms with Gasteiger partial charge in [0.25, 0.3) is 5.56 Å². The van der Waals surface area contributed by atoms with Gasteiger partial charge in [0.05, 0.1) is 13.2 Å². The number of carbonyl (C=O) groups excluding carboxylic acids is 1. The van der Waals surface area contributed by atoms with Crippen LogP contribution in [0.2, 0.25) is 0 Å². The minimum atomic E-state index is -0.585. The van der Waals surface area contributed by atoms with Crippen LogP contribution in [0, 0.1) is 0 Å². The maximum atomic E-state index is 12.8. The molecule has 0 spiro atoms. The Morgan fingerprint density at radius 1 is 1.37 bits per heavy atom. The highest BCUT2D eigenvalue weighted by atomic mass is 79.9. The molecule has 1 unspecified atom stereocenters. The molecule has 144 valence electrons. The number of halogens is 1. The first-order valence-electron chi connectivity index (χ1n) is 8.96. The first kappa shape index (κ1) is 18.4. The Labute approximate surface area is 164 Å². The summed E-state index contributed by atoms with van der Waals surface area (Å²) in [6.45, 7) is 6.62. The summed E-state index contributed by atoms with van der Waals surface area (Å²) in [5.41, 5.74) is 0.843. The number of rotatable bonds is 2. The molecule has 8 nitrogen and oxygen atoms in total. The lowest BCUT2D eigenvalue weighted by Gasteiger charge is -2.23. The van der Waals surface area contributed by atoms with Gasteiger partial charge in [0.1, 0.15) is 16.1 Å². The van der Waals surface area contributed by atoms with Crippen molar-refractivity contribution in [3.8, 4) is 0 Å². The molecule has 0 amide bonds. The van der Waals surface area contributed by atoms with Crippen molar-refractivity contribution in [3.05, 3.63) is 32.4 Å². The zero-order valence-electron chi connectivity index (χ0n) is 15.5. The van der Waals surface area contributed by atoms with Gasteiger partial charge in [-0.2, -0.15) is 9.50 Å². The molecule has 0 fully saturated rings. The Morgan fingerprint density at radius 3 is 2.81 bits per heavy atom. The van der Waals surface area contributed by atoms with Crippen LogP contribution < -0.4 is 5.56 Å². The van der Waals surface area contributed by atoms with Gasteiger partial charge in [-0.15, -0.1) is 5.10 Å². The Bertz CT molecular complexity index is 1020. The van der Waals surface area contributed by atoms with Crippen LogP contribution in [0.3, 0.4) is 0 Å². The van der Waals surface area contributed by atoms with Gasteiger partial charge in [-0.05, 0) is 61.5 Å². The van der Waals surface area contributed by atoms with Gasteiger partial charge in [-0.25, -0.2) is 4.79 Å². The van der Waals surface area contributed by atoms with Gasteiger partial charge in [-0.3, -0.25) is 9.36 Å². The maximum absolute atomic E-state index is 12.8. The molecule has 0 N–H and O–H groups in total. The van der Waals surface area contributed by atoms with Gasteiger partial charge < -0.3 is 9.47 Å². The summed E-state index contributed by atoms with van der Waals surface area (Å²) in [7, 11) is 0. The van der Waals surface area contributed by atoms with Crippen molar-refractivity contribution in [1.82, 2.24) is 19.2 Å². The van der Waals surface area contributed by atoms with Crippen molar-refractivity contribution in [2.24, 2.45) is 0 Å². The summed E-state index contributed by atoms with van der Waals surface area (Å²) in [4.78, 5) is 30.1. The average molecular weight is 437 g/mol. The monoisotopic (exact) mass is 436 g/mol. The van der Waals surface area contributed by atoms with Crippen molar-refractivity contribution in [3.63, 3.8) is 0 Å². The number of esters is 1. The predicted molar refractivity (Wildman–Crippen MR) is 102 cm³/mol. The molecule has 27 heavy (non-hydrogen) atoms. The summed E-state index contributed by atoms with van der Waals surface area (Å²) in [5.74, 6) is 0.542. The highest BCUT2D eigenvalue weighted by Crippen LogP contribution is 2.33. The molecule has 2 aromatic rings. The molecule has 0 aromatic carbocycles. The van der Waals surface area contributed by atoms with E-state index in [1.807, 2.05) is 26.8 Å².